The number of hydrogen-bond acceptors (Lipinski definition) is 2. The maximum Gasteiger partial charge on any atom is 0.271 e. The summed E-state index contributed by atoms with van der Waals surface area (Å²) in [6.45, 7) is 11.3. The summed E-state index contributed by atoms with van der Waals surface area (Å²) in [5.74, 6) is 1.06. The van der Waals surface area contributed by atoms with E-state index in [0.717, 1.165) is 6.42 Å². The summed E-state index contributed by atoms with van der Waals surface area (Å²) in [5.41, 5.74) is 6.30. The topological polar surface area (TPSA) is 41.5 Å². The molecular formula is C20H28N2O. The first-order valence-corrected chi connectivity index (χ1v) is 8.73. The molecule has 2 aliphatic rings. The molecule has 1 aromatic rings. The van der Waals surface area contributed by atoms with Crippen LogP contribution in [0.25, 0.3) is 0 Å². The molecule has 124 valence electrons. The first-order valence-electron chi connectivity index (χ1n) is 8.73. The van der Waals surface area contributed by atoms with Gasteiger partial charge in [0, 0.05) is 16.7 Å². The molecular weight excluding hydrogens is 284 g/mol. The summed E-state index contributed by atoms with van der Waals surface area (Å²) in [6, 6.07) is 7.82. The molecule has 1 N–H and O–H groups in total. The lowest BCUT2D eigenvalue weighted by atomic mass is 9.70. The van der Waals surface area contributed by atoms with Crippen molar-refractivity contribution in [2.75, 3.05) is 0 Å². The van der Waals surface area contributed by atoms with E-state index in [1.165, 1.54) is 24.1 Å². The normalized spacial score (nSPS) is 30.2. The molecule has 0 aromatic heterocycles. The van der Waals surface area contributed by atoms with Crippen molar-refractivity contribution in [2.24, 2.45) is 21.8 Å². The van der Waals surface area contributed by atoms with Gasteiger partial charge in [0.1, 0.15) is 0 Å². The second-order valence-electron chi connectivity index (χ2n) is 8.27. The molecule has 2 aliphatic carbocycles. The smallest absolute Gasteiger partial charge is 0.267 e. The van der Waals surface area contributed by atoms with Gasteiger partial charge in [-0.05, 0) is 54.2 Å². The molecule has 23 heavy (non-hydrogen) atoms. The fraction of sp³-hybridized carbons (Fsp3) is 0.600. The molecule has 2 atom stereocenters. The van der Waals surface area contributed by atoms with E-state index >= 15 is 0 Å². The fourth-order valence-corrected chi connectivity index (χ4v) is 4.30. The predicted octanol–water partition coefficient (Wildman–Crippen LogP) is 4.74. The number of nitrogens with one attached hydrogen (secondary N) is 1. The van der Waals surface area contributed by atoms with Gasteiger partial charge < -0.3 is 0 Å². The highest BCUT2D eigenvalue weighted by atomic mass is 16.2. The van der Waals surface area contributed by atoms with Gasteiger partial charge in [-0.3, -0.25) is 4.79 Å². The molecule has 1 aromatic carbocycles. The molecule has 2 fully saturated rings. The Bertz CT molecular complexity index is 642. The van der Waals surface area contributed by atoms with Gasteiger partial charge in [0.15, 0.2) is 0 Å². The SMILES string of the molecule is CC(C)c1ccc(C(=O)N/N=C2/C[C@H]3CC[C@]2(C)C3(C)C)cc1. The quantitative estimate of drug-likeness (QED) is 0.805. The average Bonchev–Trinajstić information content (AvgIpc) is 2.85. The summed E-state index contributed by atoms with van der Waals surface area (Å²) in [6.07, 6.45) is 3.49. The van der Waals surface area contributed by atoms with E-state index in [0.29, 0.717) is 17.4 Å². The van der Waals surface area contributed by atoms with Crippen molar-refractivity contribution < 1.29 is 4.79 Å². The number of benzene rings is 1. The van der Waals surface area contributed by atoms with E-state index in [9.17, 15) is 4.79 Å². The lowest BCUT2D eigenvalue weighted by molar-refractivity contribution is 0.0954. The molecule has 1 amide bonds. The summed E-state index contributed by atoms with van der Waals surface area (Å²) in [7, 11) is 0. The van der Waals surface area contributed by atoms with Gasteiger partial charge >= 0.3 is 0 Å². The van der Waals surface area contributed by atoms with Gasteiger partial charge in [0.05, 0.1) is 0 Å². The van der Waals surface area contributed by atoms with E-state index in [-0.39, 0.29) is 16.7 Å². The molecule has 3 nitrogen and oxygen atoms in total. The van der Waals surface area contributed by atoms with Crippen molar-refractivity contribution >= 4 is 11.6 Å². The van der Waals surface area contributed by atoms with Crippen molar-refractivity contribution in [3.63, 3.8) is 0 Å². The molecule has 0 unspecified atom stereocenters. The second kappa shape index (κ2) is 5.47. The second-order valence-corrected chi connectivity index (χ2v) is 8.27. The van der Waals surface area contributed by atoms with Crippen molar-refractivity contribution in [1.82, 2.24) is 5.43 Å². The Labute approximate surface area is 139 Å². The maximum atomic E-state index is 12.3. The van der Waals surface area contributed by atoms with Crippen LogP contribution in [-0.4, -0.2) is 11.6 Å². The van der Waals surface area contributed by atoms with Crippen LogP contribution >= 0.6 is 0 Å². The Hall–Kier alpha value is -1.64. The van der Waals surface area contributed by atoms with Crippen LogP contribution in [0.5, 0.6) is 0 Å². The minimum absolute atomic E-state index is 0.114. The Morgan fingerprint density at radius 3 is 2.35 bits per heavy atom. The zero-order chi connectivity index (χ0) is 16.8. The van der Waals surface area contributed by atoms with Gasteiger partial charge in [-0.1, -0.05) is 46.8 Å². The highest BCUT2D eigenvalue weighted by Crippen LogP contribution is 2.63. The number of rotatable bonds is 3. The minimum atomic E-state index is -0.114. The Morgan fingerprint density at radius 1 is 1.22 bits per heavy atom. The third-order valence-corrected chi connectivity index (χ3v) is 6.64. The summed E-state index contributed by atoms with van der Waals surface area (Å²) >= 11 is 0. The first kappa shape index (κ1) is 16.2. The lowest BCUT2D eigenvalue weighted by Gasteiger charge is -2.34. The van der Waals surface area contributed by atoms with Gasteiger partial charge in [0.25, 0.3) is 5.91 Å². The van der Waals surface area contributed by atoms with Crippen molar-refractivity contribution in [2.45, 2.75) is 59.8 Å². The third kappa shape index (κ3) is 2.50. The molecule has 3 heteroatoms. The summed E-state index contributed by atoms with van der Waals surface area (Å²) in [4.78, 5) is 12.3. The number of hydrazone groups is 1. The minimum Gasteiger partial charge on any atom is -0.267 e. The van der Waals surface area contributed by atoms with Crippen LogP contribution in [0, 0.1) is 16.7 Å². The van der Waals surface area contributed by atoms with E-state index in [2.05, 4.69) is 45.1 Å². The summed E-state index contributed by atoms with van der Waals surface area (Å²) in [5, 5.41) is 4.52. The fourth-order valence-electron chi connectivity index (χ4n) is 4.30. The summed E-state index contributed by atoms with van der Waals surface area (Å²) < 4.78 is 0. The zero-order valence-electron chi connectivity index (χ0n) is 14.9. The van der Waals surface area contributed by atoms with Crippen LogP contribution in [0.3, 0.4) is 0 Å². The molecule has 2 bridgehead atoms. The van der Waals surface area contributed by atoms with E-state index in [4.69, 9.17) is 0 Å². The molecule has 2 saturated carbocycles. The predicted molar refractivity (Wildman–Crippen MR) is 94.7 cm³/mol. The molecule has 0 aliphatic heterocycles. The Kier molecular flexibility index (Phi) is 3.86. The van der Waals surface area contributed by atoms with Crippen LogP contribution in [0.2, 0.25) is 0 Å². The largest absolute Gasteiger partial charge is 0.271 e. The maximum absolute atomic E-state index is 12.3. The van der Waals surface area contributed by atoms with Crippen molar-refractivity contribution in [1.29, 1.82) is 0 Å². The van der Waals surface area contributed by atoms with E-state index in [1.807, 2.05) is 24.3 Å². The number of amides is 1. The highest BCUT2D eigenvalue weighted by molar-refractivity contribution is 5.98. The van der Waals surface area contributed by atoms with E-state index < -0.39 is 0 Å². The number of hydrogen-bond donors (Lipinski definition) is 1. The number of carbonyl (C=O) groups is 1. The molecule has 0 saturated heterocycles. The van der Waals surface area contributed by atoms with E-state index in [1.54, 1.807) is 0 Å². The Morgan fingerprint density at radius 2 is 1.87 bits per heavy atom. The van der Waals surface area contributed by atoms with Crippen LogP contribution < -0.4 is 5.43 Å². The van der Waals surface area contributed by atoms with Gasteiger partial charge in [-0.25, -0.2) is 5.43 Å². The van der Waals surface area contributed by atoms with Crippen LogP contribution in [0.15, 0.2) is 29.4 Å². The Balaban J connectivity index is 1.72. The standard InChI is InChI=1S/C20H28N2O/c1-13(2)14-6-8-15(9-7-14)18(23)22-21-17-12-16-10-11-20(17,5)19(16,3)4/h6-9,13,16H,10-12H2,1-5H3,(H,22,23)/b21-17-/t16-,20+/m1/s1. The number of fused-ring (bicyclic) bond motifs is 2. The first-order chi connectivity index (χ1) is 10.8. The lowest BCUT2D eigenvalue weighted by Crippen LogP contribution is -2.34. The molecule has 0 spiro atoms. The van der Waals surface area contributed by atoms with Gasteiger partial charge in [-0.2, -0.15) is 5.10 Å². The van der Waals surface area contributed by atoms with Gasteiger partial charge in [-0.15, -0.1) is 0 Å². The van der Waals surface area contributed by atoms with Gasteiger partial charge in [0.2, 0.25) is 0 Å². The number of carbonyl (C=O) groups excluding carboxylic acids is 1. The average molecular weight is 312 g/mol. The van der Waals surface area contributed by atoms with Crippen LogP contribution in [0.4, 0.5) is 0 Å². The van der Waals surface area contributed by atoms with Crippen molar-refractivity contribution in [3.05, 3.63) is 35.4 Å². The van der Waals surface area contributed by atoms with Crippen LogP contribution in [-0.2, 0) is 0 Å². The molecule has 3 rings (SSSR count). The monoisotopic (exact) mass is 312 g/mol. The molecule has 0 heterocycles. The van der Waals surface area contributed by atoms with Crippen molar-refractivity contribution in [3.8, 4) is 0 Å². The van der Waals surface area contributed by atoms with Crippen LogP contribution in [0.1, 0.15) is 75.7 Å². The highest BCUT2D eigenvalue weighted by Gasteiger charge is 2.59. The zero-order valence-corrected chi connectivity index (χ0v) is 14.9. The molecule has 0 radical (unpaired) electrons. The third-order valence-electron chi connectivity index (χ3n) is 6.64. The number of nitrogens with zero attached hydrogens (tertiary/aromatic N) is 1.